The normalized spacial score (nSPS) is 19.4. The van der Waals surface area contributed by atoms with Crippen LogP contribution < -0.4 is 10.6 Å². The first-order valence-corrected chi connectivity index (χ1v) is 20.7. The Kier molecular flexibility index (Phi) is 17.5. The minimum absolute atomic E-state index is 0.00642. The number of nitrogens with zero attached hydrogens (tertiary/aromatic N) is 4. The summed E-state index contributed by atoms with van der Waals surface area (Å²) in [6, 6.07) is 1.31. The Morgan fingerprint density at radius 3 is 1.95 bits per heavy atom. The third-order valence-corrected chi connectivity index (χ3v) is 11.7. The topological polar surface area (TPSA) is 149 Å². The second-order valence-electron chi connectivity index (χ2n) is 16.8. The van der Waals surface area contributed by atoms with Gasteiger partial charge in [0.25, 0.3) is 0 Å². The quantitative estimate of drug-likeness (QED) is 0.214. The van der Waals surface area contributed by atoms with Crippen LogP contribution in [-0.4, -0.2) is 126 Å². The molecule has 2 aliphatic rings. The molecule has 2 heterocycles. The molecular formula is C41H64Cl2N6O7. The van der Waals surface area contributed by atoms with Crippen LogP contribution in [0.25, 0.3) is 0 Å². The fraction of sp³-hybridized carbons (Fsp3) is 0.707. The molecule has 314 valence electrons. The molecule has 15 heteroatoms. The van der Waals surface area contributed by atoms with Crippen LogP contribution in [0.5, 0.6) is 0 Å². The van der Waals surface area contributed by atoms with Gasteiger partial charge in [0, 0.05) is 26.7 Å². The number of hydrogen-bond acceptors (Lipinski definition) is 8. The average molecular weight is 824 g/mol. The highest BCUT2D eigenvalue weighted by Crippen LogP contribution is 2.29. The van der Waals surface area contributed by atoms with E-state index in [4.69, 9.17) is 27.9 Å². The molecule has 1 aromatic carbocycles. The highest BCUT2D eigenvalue weighted by Gasteiger charge is 2.46. The van der Waals surface area contributed by atoms with Gasteiger partial charge in [-0.05, 0) is 75.1 Å². The van der Waals surface area contributed by atoms with Crippen molar-refractivity contribution in [2.45, 2.75) is 130 Å². The van der Waals surface area contributed by atoms with Crippen LogP contribution in [-0.2, 0) is 40.0 Å². The number of rotatable bonds is 17. The summed E-state index contributed by atoms with van der Waals surface area (Å²) < 4.78 is 5.92. The predicted molar refractivity (Wildman–Crippen MR) is 218 cm³/mol. The van der Waals surface area contributed by atoms with Gasteiger partial charge in [-0.3, -0.25) is 28.9 Å². The van der Waals surface area contributed by atoms with Crippen molar-refractivity contribution in [2.75, 3.05) is 34.2 Å². The average Bonchev–Trinajstić information content (AvgIpc) is 3.81. The van der Waals surface area contributed by atoms with Crippen molar-refractivity contribution in [2.24, 2.45) is 23.7 Å². The fourth-order valence-electron chi connectivity index (χ4n) is 7.84. The van der Waals surface area contributed by atoms with E-state index in [2.05, 4.69) is 10.6 Å². The zero-order valence-electron chi connectivity index (χ0n) is 35.1. The van der Waals surface area contributed by atoms with E-state index in [9.17, 15) is 28.8 Å². The Hall–Kier alpha value is -3.42. The standard InChI is InChI=1S/C41H64Cl2N6O7/c1-23(2)31(21-32(50)44-22-27-15-12-16-28(42)33(27)43)56-41(55)30-18-14-20-49(30)38(52)29-17-13-19-48(29)40(54)36(26(7)8)47(11)39(53)34(24(3)4)45-37(51)35(25(5)6)46(9)10/h12,15-16,23-26,29-31,34-36H,13-14,17-22H2,1-11H3,(H,44,50)(H,45,51)/t29-,30-,31?,34-,35-,36-/m0/s1. The van der Waals surface area contributed by atoms with Crippen LogP contribution in [0.2, 0.25) is 10.0 Å². The van der Waals surface area contributed by atoms with Crippen molar-refractivity contribution in [3.63, 3.8) is 0 Å². The summed E-state index contributed by atoms with van der Waals surface area (Å²) in [5.41, 5.74) is 0.659. The SMILES string of the molecule is CC(C)C(CC(=O)NCc1cccc(Cl)c1Cl)OC(=O)[C@@H]1CCCN1C(=O)[C@@H]1CCCN1C(=O)[C@H](C(C)C)N(C)C(=O)[C@@H](NC(=O)[C@H](C(C)C)N(C)C)C(C)C. The summed E-state index contributed by atoms with van der Waals surface area (Å²) in [6.07, 6.45) is 1.17. The fourth-order valence-corrected chi connectivity index (χ4v) is 8.23. The van der Waals surface area contributed by atoms with Gasteiger partial charge in [-0.1, -0.05) is 90.7 Å². The molecule has 56 heavy (non-hydrogen) atoms. The number of carbonyl (C=O) groups is 6. The smallest absolute Gasteiger partial charge is 0.329 e. The number of ether oxygens (including phenoxy) is 1. The van der Waals surface area contributed by atoms with E-state index in [-0.39, 0.29) is 66.2 Å². The van der Waals surface area contributed by atoms with E-state index >= 15 is 0 Å². The largest absolute Gasteiger partial charge is 0.460 e. The molecule has 13 nitrogen and oxygen atoms in total. The minimum atomic E-state index is -0.893. The summed E-state index contributed by atoms with van der Waals surface area (Å²) in [5, 5.41) is 6.51. The molecule has 0 bridgehead atoms. The highest BCUT2D eigenvalue weighted by molar-refractivity contribution is 6.42. The lowest BCUT2D eigenvalue weighted by atomic mass is 9.96. The molecule has 1 aromatic rings. The Bertz CT molecular complexity index is 1560. The predicted octanol–water partition coefficient (Wildman–Crippen LogP) is 4.76. The maximum Gasteiger partial charge on any atom is 0.329 e. The second-order valence-corrected chi connectivity index (χ2v) is 17.6. The van der Waals surface area contributed by atoms with Crippen molar-refractivity contribution >= 4 is 58.7 Å². The Balaban J connectivity index is 1.72. The van der Waals surface area contributed by atoms with Crippen LogP contribution in [0.4, 0.5) is 0 Å². The number of likely N-dealkylation sites (tertiary alicyclic amines) is 2. The Labute approximate surface area is 343 Å². The summed E-state index contributed by atoms with van der Waals surface area (Å²) in [7, 11) is 5.22. The number of benzene rings is 1. The van der Waals surface area contributed by atoms with Crippen LogP contribution in [0.3, 0.4) is 0 Å². The number of esters is 1. The number of carbonyl (C=O) groups excluding carboxylic acids is 6. The van der Waals surface area contributed by atoms with Crippen LogP contribution >= 0.6 is 23.2 Å². The molecule has 3 rings (SSSR count). The monoisotopic (exact) mass is 822 g/mol. The van der Waals surface area contributed by atoms with Gasteiger partial charge in [0.2, 0.25) is 29.5 Å². The number of amides is 5. The first-order chi connectivity index (χ1) is 26.2. The van der Waals surface area contributed by atoms with E-state index in [1.165, 1.54) is 9.80 Å². The van der Waals surface area contributed by atoms with Crippen molar-refractivity contribution in [1.29, 1.82) is 0 Å². The Morgan fingerprint density at radius 2 is 1.39 bits per heavy atom. The highest BCUT2D eigenvalue weighted by atomic mass is 35.5. The molecule has 6 atom stereocenters. The molecule has 2 fully saturated rings. The molecule has 2 aliphatic heterocycles. The third-order valence-electron chi connectivity index (χ3n) is 10.9. The van der Waals surface area contributed by atoms with Gasteiger partial charge in [-0.25, -0.2) is 4.79 Å². The van der Waals surface area contributed by atoms with Gasteiger partial charge in [-0.2, -0.15) is 0 Å². The maximum atomic E-state index is 14.4. The van der Waals surface area contributed by atoms with E-state index in [1.54, 1.807) is 30.1 Å². The zero-order valence-corrected chi connectivity index (χ0v) is 36.6. The first-order valence-electron chi connectivity index (χ1n) is 19.9. The molecule has 5 amide bonds. The second kappa shape index (κ2) is 20.8. The lowest BCUT2D eigenvalue weighted by molar-refractivity contribution is -0.162. The van der Waals surface area contributed by atoms with Gasteiger partial charge in [0.1, 0.15) is 30.3 Å². The van der Waals surface area contributed by atoms with E-state index in [0.717, 1.165) is 0 Å². The lowest BCUT2D eigenvalue weighted by Crippen LogP contribution is -2.61. The van der Waals surface area contributed by atoms with Gasteiger partial charge in [0.05, 0.1) is 22.5 Å². The molecule has 2 saturated heterocycles. The van der Waals surface area contributed by atoms with Gasteiger partial charge < -0.3 is 30.1 Å². The lowest BCUT2D eigenvalue weighted by Gasteiger charge is -2.38. The summed E-state index contributed by atoms with van der Waals surface area (Å²) in [6.45, 7) is 15.8. The van der Waals surface area contributed by atoms with E-state index in [0.29, 0.717) is 54.4 Å². The van der Waals surface area contributed by atoms with Crippen LogP contribution in [0.1, 0.15) is 93.1 Å². The Morgan fingerprint density at radius 1 is 0.804 bits per heavy atom. The zero-order chi connectivity index (χ0) is 42.2. The van der Waals surface area contributed by atoms with Crippen LogP contribution in [0.15, 0.2) is 18.2 Å². The molecule has 0 aliphatic carbocycles. The summed E-state index contributed by atoms with van der Waals surface area (Å²) >= 11 is 12.4. The molecular weight excluding hydrogens is 759 g/mol. The number of halogens is 2. The van der Waals surface area contributed by atoms with Crippen molar-refractivity contribution in [1.82, 2.24) is 30.2 Å². The number of nitrogens with one attached hydrogen (secondary N) is 2. The van der Waals surface area contributed by atoms with E-state index < -0.39 is 42.3 Å². The maximum absolute atomic E-state index is 14.4. The number of likely N-dealkylation sites (N-methyl/N-ethyl adjacent to an activating group) is 2. The summed E-state index contributed by atoms with van der Waals surface area (Å²) in [5.74, 6) is -2.97. The van der Waals surface area contributed by atoms with Crippen molar-refractivity contribution in [3.8, 4) is 0 Å². The van der Waals surface area contributed by atoms with Crippen LogP contribution in [0, 0.1) is 23.7 Å². The molecule has 0 radical (unpaired) electrons. The van der Waals surface area contributed by atoms with Gasteiger partial charge >= 0.3 is 5.97 Å². The third kappa shape index (κ3) is 11.6. The van der Waals surface area contributed by atoms with Gasteiger partial charge in [0.15, 0.2) is 0 Å². The van der Waals surface area contributed by atoms with E-state index in [1.807, 2.05) is 74.4 Å². The summed E-state index contributed by atoms with van der Waals surface area (Å²) in [4.78, 5) is 89.0. The van der Waals surface area contributed by atoms with Crippen molar-refractivity contribution < 1.29 is 33.5 Å². The molecule has 0 saturated carbocycles. The van der Waals surface area contributed by atoms with Gasteiger partial charge in [-0.15, -0.1) is 0 Å². The number of hydrogen-bond donors (Lipinski definition) is 2. The first kappa shape index (κ1) is 47.0. The molecule has 0 spiro atoms. The minimum Gasteiger partial charge on any atom is -0.460 e. The molecule has 1 unspecified atom stereocenters. The van der Waals surface area contributed by atoms with Crippen molar-refractivity contribution in [3.05, 3.63) is 33.8 Å². The molecule has 2 N–H and O–H groups in total. The molecule has 0 aromatic heterocycles.